The summed E-state index contributed by atoms with van der Waals surface area (Å²) in [7, 11) is 3.72. The summed E-state index contributed by atoms with van der Waals surface area (Å²) in [5, 5.41) is 0. The van der Waals surface area contributed by atoms with Gasteiger partial charge in [0.2, 0.25) is 0 Å². The minimum Gasteiger partial charge on any atom is -0.493 e. The van der Waals surface area contributed by atoms with Crippen molar-refractivity contribution in [3.05, 3.63) is 23.8 Å². The van der Waals surface area contributed by atoms with E-state index in [1.807, 2.05) is 18.2 Å². The van der Waals surface area contributed by atoms with Gasteiger partial charge in [-0.05, 0) is 24.6 Å². The van der Waals surface area contributed by atoms with Crippen molar-refractivity contribution in [2.75, 3.05) is 33.9 Å². The zero-order valence-electron chi connectivity index (χ0n) is 11.3. The zero-order chi connectivity index (χ0) is 13.0. The van der Waals surface area contributed by atoms with E-state index in [1.165, 1.54) is 0 Å². The van der Waals surface area contributed by atoms with E-state index < -0.39 is 0 Å². The Morgan fingerprint density at radius 2 is 2.17 bits per heavy atom. The molecule has 98 valence electrons. The normalized spacial score (nSPS) is 14.6. The molecule has 18 heavy (non-hydrogen) atoms. The maximum absolute atomic E-state index is 5.71. The molecule has 2 rings (SSSR count). The van der Waals surface area contributed by atoms with Crippen LogP contribution in [0, 0.1) is 0 Å². The van der Waals surface area contributed by atoms with E-state index in [1.54, 1.807) is 7.11 Å². The smallest absolute Gasteiger partial charge is 0.161 e. The van der Waals surface area contributed by atoms with Crippen LogP contribution in [0.4, 0.5) is 0 Å². The van der Waals surface area contributed by atoms with Gasteiger partial charge in [0.15, 0.2) is 11.5 Å². The highest BCUT2D eigenvalue weighted by Gasteiger charge is 2.16. The molecular formula is C14H20N2O2. The molecule has 0 radical (unpaired) electrons. The molecule has 0 saturated heterocycles. The number of nitrogens with zero attached hydrogens (tertiary/aromatic N) is 2. The van der Waals surface area contributed by atoms with E-state index in [0.717, 1.165) is 42.4 Å². The van der Waals surface area contributed by atoms with E-state index in [2.05, 4.69) is 23.9 Å². The molecule has 0 atom stereocenters. The van der Waals surface area contributed by atoms with Crippen molar-refractivity contribution in [3.63, 3.8) is 0 Å². The van der Waals surface area contributed by atoms with Gasteiger partial charge >= 0.3 is 0 Å². The van der Waals surface area contributed by atoms with Crippen LogP contribution in [-0.4, -0.2) is 44.6 Å². The highest BCUT2D eigenvalue weighted by molar-refractivity contribution is 6.00. The van der Waals surface area contributed by atoms with Crippen molar-refractivity contribution in [1.82, 2.24) is 4.90 Å². The van der Waals surface area contributed by atoms with Crippen molar-refractivity contribution >= 4 is 5.84 Å². The number of ether oxygens (including phenoxy) is 2. The van der Waals surface area contributed by atoms with E-state index in [-0.39, 0.29) is 0 Å². The van der Waals surface area contributed by atoms with Crippen LogP contribution in [0.3, 0.4) is 0 Å². The van der Waals surface area contributed by atoms with Crippen molar-refractivity contribution in [3.8, 4) is 11.5 Å². The van der Waals surface area contributed by atoms with Crippen LogP contribution in [0.15, 0.2) is 23.2 Å². The Hall–Kier alpha value is -1.71. The zero-order valence-corrected chi connectivity index (χ0v) is 11.3. The molecule has 0 spiro atoms. The summed E-state index contributed by atoms with van der Waals surface area (Å²) in [6.45, 7) is 4.63. The first-order valence-electron chi connectivity index (χ1n) is 6.33. The molecule has 4 heteroatoms. The van der Waals surface area contributed by atoms with E-state index in [0.29, 0.717) is 6.61 Å². The summed E-state index contributed by atoms with van der Waals surface area (Å²) >= 11 is 0. The van der Waals surface area contributed by atoms with Crippen LogP contribution in [0.1, 0.15) is 18.9 Å². The largest absolute Gasteiger partial charge is 0.493 e. The molecule has 0 N–H and O–H groups in total. The molecule has 1 aliphatic heterocycles. The molecule has 0 aliphatic carbocycles. The van der Waals surface area contributed by atoms with Gasteiger partial charge in [-0.15, -0.1) is 0 Å². The quantitative estimate of drug-likeness (QED) is 0.801. The first-order valence-corrected chi connectivity index (χ1v) is 6.33. The van der Waals surface area contributed by atoms with Crippen LogP contribution in [0.2, 0.25) is 0 Å². The minimum atomic E-state index is 0.697. The molecule has 0 unspecified atom stereocenters. The van der Waals surface area contributed by atoms with E-state index in [9.17, 15) is 0 Å². The van der Waals surface area contributed by atoms with E-state index >= 15 is 0 Å². The molecule has 0 fully saturated rings. The van der Waals surface area contributed by atoms with Gasteiger partial charge in [0.1, 0.15) is 5.84 Å². The lowest BCUT2D eigenvalue weighted by atomic mass is 10.1. The Bertz CT molecular complexity index is 443. The number of aliphatic imine (C=N–C) groups is 1. The predicted molar refractivity (Wildman–Crippen MR) is 72.8 cm³/mol. The minimum absolute atomic E-state index is 0.697. The first kappa shape index (κ1) is 12.7. The maximum atomic E-state index is 5.71. The Balaban J connectivity index is 2.27. The monoisotopic (exact) mass is 248 g/mol. The van der Waals surface area contributed by atoms with Crippen molar-refractivity contribution < 1.29 is 9.47 Å². The molecule has 1 heterocycles. The summed E-state index contributed by atoms with van der Waals surface area (Å²) in [5.41, 5.74) is 1.09. The number of benzene rings is 1. The summed E-state index contributed by atoms with van der Waals surface area (Å²) in [5.74, 6) is 2.59. The maximum Gasteiger partial charge on any atom is 0.161 e. The lowest BCUT2D eigenvalue weighted by molar-refractivity contribution is 0.294. The van der Waals surface area contributed by atoms with Gasteiger partial charge < -0.3 is 14.4 Å². The van der Waals surface area contributed by atoms with Crippen LogP contribution >= 0.6 is 0 Å². The highest BCUT2D eigenvalue weighted by Crippen LogP contribution is 2.29. The molecule has 4 nitrogen and oxygen atoms in total. The highest BCUT2D eigenvalue weighted by atomic mass is 16.5. The molecule has 1 aromatic rings. The number of likely N-dealkylation sites (N-methyl/N-ethyl adjacent to an activating group) is 1. The van der Waals surface area contributed by atoms with Gasteiger partial charge in [-0.2, -0.15) is 0 Å². The van der Waals surface area contributed by atoms with Crippen LogP contribution < -0.4 is 9.47 Å². The summed E-state index contributed by atoms with van der Waals surface area (Å²) < 4.78 is 11.0. The summed E-state index contributed by atoms with van der Waals surface area (Å²) in [6, 6.07) is 5.97. The second kappa shape index (κ2) is 5.76. The SMILES string of the molecule is CCCOc1cc(C2=NCCN2C)ccc1OC. The summed E-state index contributed by atoms with van der Waals surface area (Å²) in [6.07, 6.45) is 0.980. The second-order valence-electron chi connectivity index (χ2n) is 4.34. The third-order valence-electron chi connectivity index (χ3n) is 2.94. The number of hydrogen-bond acceptors (Lipinski definition) is 4. The molecular weight excluding hydrogens is 228 g/mol. The van der Waals surface area contributed by atoms with Crippen molar-refractivity contribution in [2.45, 2.75) is 13.3 Å². The van der Waals surface area contributed by atoms with Crippen molar-refractivity contribution in [1.29, 1.82) is 0 Å². The average Bonchev–Trinajstić information content (AvgIpc) is 2.82. The first-order chi connectivity index (χ1) is 8.76. The molecule has 1 aliphatic rings. The van der Waals surface area contributed by atoms with Gasteiger partial charge in [0.25, 0.3) is 0 Å². The Morgan fingerprint density at radius 1 is 1.33 bits per heavy atom. The van der Waals surface area contributed by atoms with Gasteiger partial charge in [-0.1, -0.05) is 6.92 Å². The molecule has 0 saturated carbocycles. The fraction of sp³-hybridized carbons (Fsp3) is 0.500. The standard InChI is InChI=1S/C14H20N2O2/c1-4-9-18-13-10-11(5-6-12(13)17-3)14-15-7-8-16(14)2/h5-6,10H,4,7-9H2,1-3H3. The second-order valence-corrected chi connectivity index (χ2v) is 4.34. The number of hydrogen-bond donors (Lipinski definition) is 0. The van der Waals surface area contributed by atoms with Gasteiger partial charge in [-0.25, -0.2) is 0 Å². The van der Waals surface area contributed by atoms with Crippen molar-refractivity contribution in [2.24, 2.45) is 4.99 Å². The number of amidine groups is 1. The molecule has 0 amide bonds. The summed E-state index contributed by atoms with van der Waals surface area (Å²) in [4.78, 5) is 6.67. The molecule has 0 aromatic heterocycles. The molecule has 1 aromatic carbocycles. The predicted octanol–water partition coefficient (Wildman–Crippen LogP) is 2.18. The number of methoxy groups -OCH3 is 1. The number of rotatable bonds is 5. The Labute approximate surface area is 108 Å². The van der Waals surface area contributed by atoms with Crippen LogP contribution in [0.5, 0.6) is 11.5 Å². The van der Waals surface area contributed by atoms with Crippen LogP contribution in [0.25, 0.3) is 0 Å². The topological polar surface area (TPSA) is 34.1 Å². The average molecular weight is 248 g/mol. The lowest BCUT2D eigenvalue weighted by Crippen LogP contribution is -2.23. The molecule has 0 bridgehead atoms. The Morgan fingerprint density at radius 3 is 2.78 bits per heavy atom. The van der Waals surface area contributed by atoms with Gasteiger partial charge in [0, 0.05) is 19.2 Å². The van der Waals surface area contributed by atoms with Gasteiger partial charge in [0.05, 0.1) is 20.3 Å². The third kappa shape index (κ3) is 2.58. The van der Waals surface area contributed by atoms with E-state index in [4.69, 9.17) is 9.47 Å². The Kier molecular flexibility index (Phi) is 4.07. The fourth-order valence-electron chi connectivity index (χ4n) is 1.98. The lowest BCUT2D eigenvalue weighted by Gasteiger charge is -2.16. The van der Waals surface area contributed by atoms with Crippen LogP contribution in [-0.2, 0) is 0 Å². The third-order valence-corrected chi connectivity index (χ3v) is 2.94. The van der Waals surface area contributed by atoms with Gasteiger partial charge in [-0.3, -0.25) is 4.99 Å². The fourth-order valence-corrected chi connectivity index (χ4v) is 1.98.